The van der Waals surface area contributed by atoms with Crippen molar-refractivity contribution in [3.63, 3.8) is 0 Å². The lowest BCUT2D eigenvalue weighted by molar-refractivity contribution is 0.115. The van der Waals surface area contributed by atoms with Crippen molar-refractivity contribution in [2.75, 3.05) is 25.3 Å². The van der Waals surface area contributed by atoms with Crippen molar-refractivity contribution >= 4 is 42.1 Å². The minimum atomic E-state index is -3.82. The van der Waals surface area contributed by atoms with Gasteiger partial charge in [0.2, 0.25) is 5.95 Å². The van der Waals surface area contributed by atoms with Crippen LogP contribution in [0.3, 0.4) is 0 Å². The third-order valence-electron chi connectivity index (χ3n) is 5.97. The summed E-state index contributed by atoms with van der Waals surface area (Å²) in [5, 5.41) is 0.561. The van der Waals surface area contributed by atoms with Crippen LogP contribution in [0, 0.1) is 6.92 Å². The number of nitrogens with two attached hydrogens (primary N) is 1. The molecule has 4 aromatic rings. The third-order valence-corrected chi connectivity index (χ3v) is 7.77. The summed E-state index contributed by atoms with van der Waals surface area (Å²) < 4.78 is 44.0. The van der Waals surface area contributed by atoms with Gasteiger partial charge in [0.25, 0.3) is 11.5 Å². The van der Waals surface area contributed by atoms with Crippen molar-refractivity contribution < 1.29 is 27.8 Å². The average Bonchev–Trinajstić information content (AvgIpc) is 3.53. The minimum absolute atomic E-state index is 0.0272. The predicted octanol–water partition coefficient (Wildman–Crippen LogP) is 4.95. The highest BCUT2D eigenvalue weighted by molar-refractivity contribution is 7.53. The molecule has 41 heavy (non-hydrogen) atoms. The van der Waals surface area contributed by atoms with Crippen LogP contribution in [0.2, 0.25) is 5.02 Å². The molecule has 1 aliphatic heterocycles. The van der Waals surface area contributed by atoms with Crippen LogP contribution in [0.4, 0.5) is 5.95 Å². The van der Waals surface area contributed by atoms with Gasteiger partial charge in [-0.05, 0) is 43.3 Å². The van der Waals surface area contributed by atoms with E-state index in [4.69, 9.17) is 40.6 Å². The maximum Gasteiger partial charge on any atom is 0.356 e. The second-order valence-electron chi connectivity index (χ2n) is 9.08. The van der Waals surface area contributed by atoms with Crippen molar-refractivity contribution in [1.82, 2.24) is 19.5 Å². The van der Waals surface area contributed by atoms with Crippen LogP contribution in [0.25, 0.3) is 16.9 Å². The van der Waals surface area contributed by atoms with Gasteiger partial charge in [0, 0.05) is 17.1 Å². The van der Waals surface area contributed by atoms with Crippen LogP contribution in [0.15, 0.2) is 77.9 Å². The standard InChI is InChI=1S/C27H27ClN5O7P/c1-17-3-5-19(6-4-17)13-37-41(35,16-36-12-11-33-15-30-23-25(33)31-27(29)32-26(23)34)38-14-22-24(40-18(2)39-22)20-7-9-21(28)10-8-20/h3-10,15H,2,11-14,16H2,1H3,(H3,29,31,32,34). The molecule has 1 atom stereocenters. The molecule has 0 aliphatic carbocycles. The largest absolute Gasteiger partial charge is 0.424 e. The fraction of sp³-hybridized carbons (Fsp3) is 0.222. The number of nitrogens with zero attached hydrogens (tertiary/aromatic N) is 3. The molecule has 0 saturated carbocycles. The number of aromatic nitrogens is 4. The van der Waals surface area contributed by atoms with E-state index in [1.54, 1.807) is 28.8 Å². The molecule has 0 bridgehead atoms. The SMILES string of the molecule is C=C1OC(COP(=O)(COCCn2cnc3c(=O)[nH]c(N)nc32)OCc2ccc(C)cc2)=C(c2ccc(Cl)cc2)O1. The molecule has 2 aromatic heterocycles. The molecular weight excluding hydrogens is 573 g/mol. The first kappa shape index (κ1) is 28.6. The summed E-state index contributed by atoms with van der Waals surface area (Å²) in [5.41, 5.74) is 8.26. The van der Waals surface area contributed by atoms with Gasteiger partial charge >= 0.3 is 7.60 Å². The normalized spacial score (nSPS) is 14.7. The first-order valence-electron chi connectivity index (χ1n) is 12.4. The summed E-state index contributed by atoms with van der Waals surface area (Å²) in [6.45, 7) is 5.83. The number of nitrogens with one attached hydrogen (secondary N) is 1. The Balaban J connectivity index is 1.28. The summed E-state index contributed by atoms with van der Waals surface area (Å²) in [7, 11) is -3.82. The highest BCUT2D eigenvalue weighted by Gasteiger charge is 2.30. The zero-order chi connectivity index (χ0) is 29.0. The van der Waals surface area contributed by atoms with Crippen LogP contribution in [-0.2, 0) is 41.0 Å². The molecule has 3 N–H and O–H groups in total. The van der Waals surface area contributed by atoms with Crippen molar-refractivity contribution in [3.05, 3.63) is 105 Å². The lowest BCUT2D eigenvalue weighted by atomic mass is 10.2. The molecule has 1 unspecified atom stereocenters. The van der Waals surface area contributed by atoms with E-state index in [1.807, 2.05) is 31.2 Å². The quantitative estimate of drug-likeness (QED) is 0.169. The number of halogens is 1. The highest BCUT2D eigenvalue weighted by Crippen LogP contribution is 2.50. The number of aromatic amines is 1. The Kier molecular flexibility index (Phi) is 8.57. The number of aryl methyl sites for hydroxylation is 1. The van der Waals surface area contributed by atoms with Gasteiger partial charge in [0.05, 0.1) is 19.5 Å². The number of H-pyrrole nitrogens is 1. The molecule has 214 valence electrons. The van der Waals surface area contributed by atoms with E-state index < -0.39 is 13.2 Å². The smallest absolute Gasteiger partial charge is 0.356 e. The Morgan fingerprint density at radius 2 is 1.83 bits per heavy atom. The molecule has 2 aromatic carbocycles. The second-order valence-corrected chi connectivity index (χ2v) is 11.5. The fourth-order valence-corrected chi connectivity index (χ4v) is 5.25. The summed E-state index contributed by atoms with van der Waals surface area (Å²) >= 11 is 6.01. The molecule has 5 rings (SSSR count). The van der Waals surface area contributed by atoms with Gasteiger partial charge in [-0.2, -0.15) is 4.98 Å². The van der Waals surface area contributed by atoms with Crippen molar-refractivity contribution in [2.24, 2.45) is 0 Å². The number of nitrogen functional groups attached to an aromatic ring is 1. The van der Waals surface area contributed by atoms with Crippen molar-refractivity contribution in [1.29, 1.82) is 0 Å². The van der Waals surface area contributed by atoms with Gasteiger partial charge in [0.15, 0.2) is 22.7 Å². The Bertz CT molecular complexity index is 1700. The first-order chi connectivity index (χ1) is 19.7. The van der Waals surface area contributed by atoms with Crippen LogP contribution < -0.4 is 11.3 Å². The molecule has 0 saturated heterocycles. The van der Waals surface area contributed by atoms with Crippen LogP contribution >= 0.6 is 19.2 Å². The first-order valence-corrected chi connectivity index (χ1v) is 14.6. The average molecular weight is 600 g/mol. The van der Waals surface area contributed by atoms with E-state index in [2.05, 4.69) is 21.5 Å². The van der Waals surface area contributed by atoms with Crippen molar-refractivity contribution in [2.45, 2.75) is 20.1 Å². The molecule has 12 nitrogen and oxygen atoms in total. The van der Waals surface area contributed by atoms with Crippen LogP contribution in [0.1, 0.15) is 16.7 Å². The molecule has 3 heterocycles. The number of anilines is 1. The summed E-state index contributed by atoms with van der Waals surface area (Å²) in [5.74, 6) is 0.670. The third kappa shape index (κ3) is 7.05. The van der Waals surface area contributed by atoms with Gasteiger partial charge in [-0.1, -0.05) is 41.4 Å². The maximum atomic E-state index is 13.8. The Morgan fingerprint density at radius 1 is 1.10 bits per heavy atom. The van der Waals surface area contributed by atoms with Crippen LogP contribution in [-0.4, -0.2) is 39.1 Å². The van der Waals surface area contributed by atoms with Crippen molar-refractivity contribution in [3.8, 4) is 0 Å². The van der Waals surface area contributed by atoms with Gasteiger partial charge in [-0.15, -0.1) is 0 Å². The number of hydrogen-bond donors (Lipinski definition) is 2. The number of rotatable bonds is 12. The molecule has 0 radical (unpaired) electrons. The fourth-order valence-electron chi connectivity index (χ4n) is 3.89. The molecule has 0 fully saturated rings. The van der Waals surface area contributed by atoms with E-state index in [0.717, 1.165) is 11.1 Å². The summed E-state index contributed by atoms with van der Waals surface area (Å²) in [6, 6.07) is 14.5. The molecule has 14 heteroatoms. The predicted molar refractivity (Wildman–Crippen MR) is 153 cm³/mol. The molecule has 1 aliphatic rings. The van der Waals surface area contributed by atoms with E-state index in [0.29, 0.717) is 22.0 Å². The van der Waals surface area contributed by atoms with Gasteiger partial charge in [-0.3, -0.25) is 18.9 Å². The highest BCUT2D eigenvalue weighted by atomic mass is 35.5. The number of fused-ring (bicyclic) bond motifs is 1. The minimum Gasteiger partial charge on any atom is -0.424 e. The van der Waals surface area contributed by atoms with E-state index in [9.17, 15) is 9.36 Å². The van der Waals surface area contributed by atoms with Gasteiger partial charge in [-0.25, -0.2) is 4.98 Å². The van der Waals surface area contributed by atoms with Gasteiger partial charge < -0.3 is 29.0 Å². The molecule has 0 amide bonds. The Hall–Kier alpha value is -3.93. The van der Waals surface area contributed by atoms with E-state index in [1.165, 1.54) is 6.33 Å². The monoisotopic (exact) mass is 599 g/mol. The lowest BCUT2D eigenvalue weighted by Crippen LogP contribution is -2.13. The van der Waals surface area contributed by atoms with Crippen LogP contribution in [0.5, 0.6) is 0 Å². The Labute approximate surface area is 239 Å². The molecule has 0 spiro atoms. The zero-order valence-electron chi connectivity index (χ0n) is 22.0. The van der Waals surface area contributed by atoms with E-state index in [-0.39, 0.29) is 55.9 Å². The Morgan fingerprint density at radius 3 is 2.59 bits per heavy atom. The summed E-state index contributed by atoms with van der Waals surface area (Å²) in [4.78, 5) is 22.6. The van der Waals surface area contributed by atoms with E-state index >= 15 is 0 Å². The molecular formula is C27H27ClN5O7P. The number of benzene rings is 2. The number of ether oxygens (including phenoxy) is 3. The number of hydrogen-bond acceptors (Lipinski definition) is 10. The van der Waals surface area contributed by atoms with Gasteiger partial charge in [0.1, 0.15) is 13.0 Å². The topological polar surface area (TPSA) is 153 Å². The maximum absolute atomic E-state index is 13.8. The second kappa shape index (κ2) is 12.3. The summed E-state index contributed by atoms with van der Waals surface area (Å²) in [6.07, 6.45) is 1.10. The lowest BCUT2D eigenvalue weighted by Gasteiger charge is -2.19. The number of imidazole rings is 1. The zero-order valence-corrected chi connectivity index (χ0v) is 23.7.